The summed E-state index contributed by atoms with van der Waals surface area (Å²) >= 11 is 0. The molecule has 1 aliphatic heterocycles. The molecule has 1 fully saturated rings. The molecule has 0 aliphatic carbocycles. The molecule has 0 bridgehead atoms. The van der Waals surface area contributed by atoms with Crippen molar-refractivity contribution < 1.29 is 9.31 Å². The predicted molar refractivity (Wildman–Crippen MR) is 81.2 cm³/mol. The van der Waals surface area contributed by atoms with Crippen molar-refractivity contribution >= 4 is 23.6 Å². The molecule has 20 heavy (non-hydrogen) atoms. The summed E-state index contributed by atoms with van der Waals surface area (Å²) in [5.41, 5.74) is 2.52. The Balaban J connectivity index is 2.00. The molecule has 1 aliphatic rings. The van der Waals surface area contributed by atoms with Crippen LogP contribution in [-0.2, 0) is 16.4 Å². The lowest BCUT2D eigenvalue weighted by Gasteiger charge is -2.32. The maximum absolute atomic E-state index is 6.07. The zero-order valence-corrected chi connectivity index (χ0v) is 13.0. The highest BCUT2D eigenvalue weighted by molar-refractivity contribution is 6.62. The van der Waals surface area contributed by atoms with Crippen LogP contribution in [0.2, 0.25) is 0 Å². The molecule has 2 aromatic rings. The van der Waals surface area contributed by atoms with Gasteiger partial charge in [-0.05, 0) is 46.8 Å². The third kappa shape index (κ3) is 1.88. The second kappa shape index (κ2) is 4.09. The van der Waals surface area contributed by atoms with E-state index in [0.29, 0.717) is 0 Å². The van der Waals surface area contributed by atoms with Gasteiger partial charge in [0, 0.05) is 29.8 Å². The monoisotopic (exact) mass is 272 g/mol. The number of aromatic nitrogens is 2. The van der Waals surface area contributed by atoms with Crippen LogP contribution in [0.5, 0.6) is 0 Å². The minimum absolute atomic E-state index is 0.320. The van der Waals surface area contributed by atoms with E-state index in [4.69, 9.17) is 9.31 Å². The molecule has 0 aromatic carbocycles. The maximum atomic E-state index is 6.07. The van der Waals surface area contributed by atoms with Gasteiger partial charge in [-0.15, -0.1) is 0 Å². The molecule has 0 amide bonds. The van der Waals surface area contributed by atoms with Crippen LogP contribution in [0.15, 0.2) is 18.3 Å². The quantitative estimate of drug-likeness (QED) is 0.746. The summed E-state index contributed by atoms with van der Waals surface area (Å²) in [6, 6.07) is 4.24. The van der Waals surface area contributed by atoms with E-state index < -0.39 is 0 Å². The van der Waals surface area contributed by atoms with E-state index in [-0.39, 0.29) is 18.3 Å². The number of aryl methyl sites for hydroxylation is 2. The summed E-state index contributed by atoms with van der Waals surface area (Å²) in [7, 11) is 1.68. The molecule has 0 saturated carbocycles. The number of hydrogen-bond donors (Lipinski definition) is 0. The lowest BCUT2D eigenvalue weighted by atomic mass is 9.80. The van der Waals surface area contributed by atoms with E-state index in [1.165, 1.54) is 5.69 Å². The fourth-order valence-corrected chi connectivity index (χ4v) is 2.48. The van der Waals surface area contributed by atoms with Gasteiger partial charge in [0.1, 0.15) is 5.65 Å². The van der Waals surface area contributed by atoms with Gasteiger partial charge in [0.05, 0.1) is 11.2 Å². The van der Waals surface area contributed by atoms with Crippen molar-refractivity contribution in [1.29, 1.82) is 0 Å². The van der Waals surface area contributed by atoms with Crippen LogP contribution >= 0.6 is 0 Å². The molecule has 1 saturated heterocycles. The Morgan fingerprint density at radius 3 is 2.30 bits per heavy atom. The zero-order chi connectivity index (χ0) is 14.7. The van der Waals surface area contributed by atoms with E-state index in [1.54, 1.807) is 0 Å². The fourth-order valence-electron chi connectivity index (χ4n) is 2.48. The van der Waals surface area contributed by atoms with Gasteiger partial charge in [0.25, 0.3) is 0 Å². The second-order valence-corrected chi connectivity index (χ2v) is 6.61. The first kappa shape index (κ1) is 13.6. The van der Waals surface area contributed by atoms with Gasteiger partial charge < -0.3 is 13.9 Å². The van der Waals surface area contributed by atoms with Gasteiger partial charge in [0.2, 0.25) is 0 Å². The van der Waals surface area contributed by atoms with Gasteiger partial charge in [-0.25, -0.2) is 4.98 Å². The van der Waals surface area contributed by atoms with Crippen molar-refractivity contribution in [2.45, 2.75) is 45.8 Å². The minimum Gasteiger partial charge on any atom is -0.399 e. The van der Waals surface area contributed by atoms with Gasteiger partial charge in [-0.1, -0.05) is 0 Å². The average molecular weight is 272 g/mol. The topological polar surface area (TPSA) is 36.3 Å². The van der Waals surface area contributed by atoms with Crippen LogP contribution in [0.25, 0.3) is 11.0 Å². The third-order valence-corrected chi connectivity index (χ3v) is 4.65. The lowest BCUT2D eigenvalue weighted by Crippen LogP contribution is -2.41. The molecule has 5 heteroatoms. The number of pyridine rings is 1. The van der Waals surface area contributed by atoms with Crippen molar-refractivity contribution in [1.82, 2.24) is 9.55 Å². The number of fused-ring (bicyclic) bond motifs is 1. The molecule has 3 heterocycles. The van der Waals surface area contributed by atoms with Crippen LogP contribution in [0.4, 0.5) is 0 Å². The van der Waals surface area contributed by atoms with Crippen LogP contribution < -0.4 is 5.46 Å². The Morgan fingerprint density at radius 1 is 1.10 bits per heavy atom. The Labute approximate surface area is 120 Å². The number of nitrogens with zero attached hydrogens (tertiary/aromatic N) is 2. The molecule has 0 N–H and O–H groups in total. The summed E-state index contributed by atoms with van der Waals surface area (Å²) in [6.07, 6.45) is 1.85. The molecular formula is C15H21BN2O2. The smallest absolute Gasteiger partial charge is 0.399 e. The average Bonchev–Trinajstić information content (AvgIpc) is 2.74. The predicted octanol–water partition coefficient (Wildman–Crippen LogP) is 2.18. The SMILES string of the molecule is Cc1cc2cc(B3OC(C)(C)C(C)(C)O3)cnc2n1C. The van der Waals surface area contributed by atoms with E-state index in [0.717, 1.165) is 16.5 Å². The molecule has 106 valence electrons. The Bertz CT molecular complexity index is 660. The summed E-state index contributed by atoms with van der Waals surface area (Å²) in [5, 5.41) is 1.12. The molecule has 4 nitrogen and oxygen atoms in total. The zero-order valence-electron chi connectivity index (χ0n) is 13.0. The maximum Gasteiger partial charge on any atom is 0.496 e. The van der Waals surface area contributed by atoms with Crippen molar-refractivity contribution in [2.75, 3.05) is 0 Å². The largest absolute Gasteiger partial charge is 0.496 e. The van der Waals surface area contributed by atoms with Crippen LogP contribution in [0.3, 0.4) is 0 Å². The molecule has 2 aromatic heterocycles. The third-order valence-electron chi connectivity index (χ3n) is 4.65. The highest BCUT2D eigenvalue weighted by atomic mass is 16.7. The standard InChI is InChI=1S/C15H21BN2O2/c1-10-7-11-8-12(9-17-13(11)18(10)6)16-19-14(2,3)15(4,5)20-16/h7-9H,1-6H3. The number of hydrogen-bond acceptors (Lipinski definition) is 3. The molecule has 0 atom stereocenters. The van der Waals surface area contributed by atoms with E-state index in [2.05, 4.69) is 56.3 Å². The summed E-state index contributed by atoms with van der Waals surface area (Å²) in [5.74, 6) is 0. The van der Waals surface area contributed by atoms with E-state index >= 15 is 0 Å². The highest BCUT2D eigenvalue weighted by Gasteiger charge is 2.51. The van der Waals surface area contributed by atoms with Crippen LogP contribution in [0.1, 0.15) is 33.4 Å². The molecule has 0 unspecified atom stereocenters. The van der Waals surface area contributed by atoms with Gasteiger partial charge in [-0.2, -0.15) is 0 Å². The van der Waals surface area contributed by atoms with E-state index in [9.17, 15) is 0 Å². The Hall–Kier alpha value is -1.33. The second-order valence-electron chi connectivity index (χ2n) is 6.61. The summed E-state index contributed by atoms with van der Waals surface area (Å²) < 4.78 is 14.2. The van der Waals surface area contributed by atoms with Crippen LogP contribution in [0, 0.1) is 6.92 Å². The van der Waals surface area contributed by atoms with Gasteiger partial charge in [0.15, 0.2) is 0 Å². The van der Waals surface area contributed by atoms with Crippen LogP contribution in [-0.4, -0.2) is 27.9 Å². The van der Waals surface area contributed by atoms with Crippen molar-refractivity contribution in [3.63, 3.8) is 0 Å². The summed E-state index contributed by atoms with van der Waals surface area (Å²) in [4.78, 5) is 4.54. The Morgan fingerprint density at radius 2 is 1.70 bits per heavy atom. The fraction of sp³-hybridized carbons (Fsp3) is 0.533. The Kier molecular flexibility index (Phi) is 2.79. The normalized spacial score (nSPS) is 20.8. The molecule has 0 radical (unpaired) electrons. The first-order chi connectivity index (χ1) is 9.21. The van der Waals surface area contributed by atoms with E-state index in [1.807, 2.05) is 13.2 Å². The summed E-state index contributed by atoms with van der Waals surface area (Å²) in [6.45, 7) is 10.3. The first-order valence-electron chi connectivity index (χ1n) is 6.99. The molecule has 3 rings (SSSR count). The molecular weight excluding hydrogens is 251 g/mol. The first-order valence-corrected chi connectivity index (χ1v) is 6.99. The van der Waals surface area contributed by atoms with Crippen molar-refractivity contribution in [2.24, 2.45) is 7.05 Å². The lowest BCUT2D eigenvalue weighted by molar-refractivity contribution is 0.00578. The molecule has 0 spiro atoms. The van der Waals surface area contributed by atoms with Crippen molar-refractivity contribution in [3.05, 3.63) is 24.0 Å². The highest BCUT2D eigenvalue weighted by Crippen LogP contribution is 2.36. The minimum atomic E-state index is -0.350. The van der Waals surface area contributed by atoms with Gasteiger partial charge in [-0.3, -0.25) is 0 Å². The van der Waals surface area contributed by atoms with Gasteiger partial charge >= 0.3 is 7.12 Å². The number of rotatable bonds is 1. The van der Waals surface area contributed by atoms with Crippen molar-refractivity contribution in [3.8, 4) is 0 Å².